The van der Waals surface area contributed by atoms with Crippen molar-refractivity contribution in [3.63, 3.8) is 0 Å². The van der Waals surface area contributed by atoms with Crippen LogP contribution in [0, 0.1) is 22.7 Å². The minimum absolute atomic E-state index is 0.00261. The molecule has 2 aliphatic carbocycles. The van der Waals surface area contributed by atoms with Crippen molar-refractivity contribution < 1.29 is 76.9 Å². The molecule has 6 atom stereocenters. The standard InChI is InChI=1S/C61H75N5O16/c1-8-21-80-52(68)28-40(36(3)4)53(69)62-37(5)47(67)25-38-13-15-39(16-14-38)33-82-59(75)66-44-30-51(49(77-7)27-42(44)55(71)64-35-61(19-20-61)32-46(64)57(66)73)79-24-12-10-11-23-78-50-29-43-41(26-48(50)76-6)54(70)63-34-60(17-18-60)31-45(63)56(72)65(43)58(74)81-22-9-2/h8-9,13-16,26-27,29-30,36-37,40,45-46,56-57,72-73H,1-2,10-12,17-25,28,31-35H2,3-7H3,(H,62,69)/t37-,40-,45-,46-,56?,57?/m0/s1. The monoisotopic (exact) mass is 1130 g/mol. The van der Waals surface area contributed by atoms with Gasteiger partial charge in [0.05, 0.1) is 80.4 Å². The molecule has 440 valence electrons. The lowest BCUT2D eigenvalue weighted by atomic mass is 9.91. The summed E-state index contributed by atoms with van der Waals surface area (Å²) >= 11 is 0. The Balaban J connectivity index is 0.827. The van der Waals surface area contributed by atoms with Crippen molar-refractivity contribution >= 4 is 53.0 Å². The van der Waals surface area contributed by atoms with Crippen LogP contribution in [0.1, 0.15) is 117 Å². The van der Waals surface area contributed by atoms with Crippen molar-refractivity contribution in [2.45, 2.75) is 129 Å². The van der Waals surface area contributed by atoms with E-state index in [2.05, 4.69) is 18.5 Å². The van der Waals surface area contributed by atoms with Crippen molar-refractivity contribution in [1.29, 1.82) is 0 Å². The third-order valence-corrected chi connectivity index (χ3v) is 16.8. The fourth-order valence-corrected chi connectivity index (χ4v) is 11.7. The van der Waals surface area contributed by atoms with E-state index in [1.54, 1.807) is 41.0 Å². The molecule has 2 saturated heterocycles. The SMILES string of the molecule is C=CCOC(=O)C[C@H](C(=O)N[C@@H](C)C(=O)Cc1ccc(COC(=O)N2c3cc(OCCCCCOc4cc5c(cc4OC)C(=O)N4CC6(CC6)C[C@H]4C(O)N5C(=O)OCC=C)c(OC)cc3C(=O)N3CC4(CC4)C[C@H]3C2O)cc1)C(C)C. The molecule has 82 heavy (non-hydrogen) atoms. The summed E-state index contributed by atoms with van der Waals surface area (Å²) in [6.45, 7) is 13.5. The number of ketones is 1. The Kier molecular flexibility index (Phi) is 17.9. The van der Waals surface area contributed by atoms with E-state index in [9.17, 15) is 43.8 Å². The number of anilines is 2. The molecule has 21 nitrogen and oxygen atoms in total. The van der Waals surface area contributed by atoms with Gasteiger partial charge in [0.2, 0.25) is 5.91 Å². The molecule has 4 heterocycles. The van der Waals surface area contributed by atoms with E-state index in [1.807, 2.05) is 13.8 Å². The minimum atomic E-state index is -1.46. The number of hydrogen-bond acceptors (Lipinski definition) is 16. The number of unbranched alkanes of at least 4 members (excludes halogenated alkanes) is 2. The zero-order chi connectivity index (χ0) is 58.6. The molecule has 3 aromatic carbocycles. The summed E-state index contributed by atoms with van der Waals surface area (Å²) in [5.74, 6) is -1.72. The molecule has 2 spiro atoms. The van der Waals surface area contributed by atoms with Gasteiger partial charge in [0.25, 0.3) is 11.8 Å². The van der Waals surface area contributed by atoms with Gasteiger partial charge in [0.15, 0.2) is 41.2 Å². The van der Waals surface area contributed by atoms with Gasteiger partial charge in [-0.15, -0.1) is 0 Å². The number of nitrogens with zero attached hydrogens (tertiary/aromatic N) is 4. The van der Waals surface area contributed by atoms with Crippen molar-refractivity contribution in [2.75, 3.05) is 63.5 Å². The molecule has 2 saturated carbocycles. The minimum Gasteiger partial charge on any atom is -0.493 e. The number of methoxy groups -OCH3 is 2. The number of fused-ring (bicyclic) bond motifs is 4. The summed E-state index contributed by atoms with van der Waals surface area (Å²) in [5.41, 5.74) is 1.63. The van der Waals surface area contributed by atoms with E-state index < -0.39 is 60.6 Å². The first-order chi connectivity index (χ1) is 39.3. The second kappa shape index (κ2) is 24.8. The molecule has 6 aliphatic rings. The number of aliphatic hydroxyl groups excluding tert-OH is 2. The average molecular weight is 1130 g/mol. The van der Waals surface area contributed by atoms with Gasteiger partial charge in [-0.1, -0.05) is 63.4 Å². The Labute approximate surface area is 477 Å². The average Bonchev–Trinajstić information content (AvgIpc) is 3.47. The second-order valence-electron chi connectivity index (χ2n) is 22.9. The normalized spacial score (nSPS) is 21.2. The lowest BCUT2D eigenvalue weighted by Crippen LogP contribution is -2.50. The van der Waals surface area contributed by atoms with Gasteiger partial charge in [0.1, 0.15) is 19.8 Å². The van der Waals surface area contributed by atoms with Gasteiger partial charge < -0.3 is 58.5 Å². The Bertz CT molecular complexity index is 2950. The van der Waals surface area contributed by atoms with E-state index in [0.29, 0.717) is 56.3 Å². The van der Waals surface area contributed by atoms with Crippen LogP contribution in [0.2, 0.25) is 0 Å². The predicted molar refractivity (Wildman–Crippen MR) is 299 cm³/mol. The Morgan fingerprint density at radius 2 is 1.15 bits per heavy atom. The van der Waals surface area contributed by atoms with E-state index >= 15 is 0 Å². The first-order valence-electron chi connectivity index (χ1n) is 28.2. The van der Waals surface area contributed by atoms with Gasteiger partial charge in [0, 0.05) is 31.6 Å². The third-order valence-electron chi connectivity index (χ3n) is 16.8. The van der Waals surface area contributed by atoms with Gasteiger partial charge in [-0.25, -0.2) is 19.4 Å². The molecule has 5 amide bonds. The number of benzene rings is 3. The van der Waals surface area contributed by atoms with Crippen LogP contribution < -0.4 is 34.1 Å². The number of esters is 1. The molecular weight excluding hydrogens is 1060 g/mol. The van der Waals surface area contributed by atoms with E-state index in [4.69, 9.17) is 33.2 Å². The van der Waals surface area contributed by atoms with Gasteiger partial charge >= 0.3 is 18.2 Å². The van der Waals surface area contributed by atoms with Crippen molar-refractivity contribution in [1.82, 2.24) is 15.1 Å². The van der Waals surface area contributed by atoms with Crippen LogP contribution in [0.25, 0.3) is 0 Å². The third kappa shape index (κ3) is 12.5. The summed E-state index contributed by atoms with van der Waals surface area (Å²) in [6, 6.07) is 10.8. The molecule has 4 fully saturated rings. The topological polar surface area (TPSA) is 250 Å². The number of Topliss-reactive ketones (excluding diaryl/α,β-unsaturated/α-hetero) is 1. The van der Waals surface area contributed by atoms with Crippen LogP contribution in [-0.2, 0) is 41.6 Å². The maximum Gasteiger partial charge on any atom is 0.416 e. The zero-order valence-electron chi connectivity index (χ0n) is 47.4. The zero-order valence-corrected chi connectivity index (χ0v) is 47.4. The maximum absolute atomic E-state index is 14.4. The van der Waals surface area contributed by atoms with Gasteiger partial charge in [-0.3, -0.25) is 24.0 Å². The molecule has 3 N–H and O–H groups in total. The highest BCUT2D eigenvalue weighted by Gasteiger charge is 2.59. The van der Waals surface area contributed by atoms with E-state index in [-0.39, 0.29) is 126 Å². The molecule has 0 aromatic heterocycles. The largest absolute Gasteiger partial charge is 0.493 e. The van der Waals surface area contributed by atoms with Crippen LogP contribution in [0.3, 0.4) is 0 Å². The lowest BCUT2D eigenvalue weighted by molar-refractivity contribution is -0.146. The van der Waals surface area contributed by atoms with Crippen LogP contribution in [0.5, 0.6) is 23.0 Å². The number of rotatable bonds is 24. The number of hydrogen-bond donors (Lipinski definition) is 3. The number of carbonyl (C=O) groups is 7. The molecule has 0 radical (unpaired) electrons. The fraction of sp³-hybridized carbons (Fsp3) is 0.525. The summed E-state index contributed by atoms with van der Waals surface area (Å²) in [4.78, 5) is 101. The van der Waals surface area contributed by atoms with E-state index in [0.717, 1.165) is 35.5 Å². The highest BCUT2D eigenvalue weighted by molar-refractivity contribution is 6.07. The summed E-state index contributed by atoms with van der Waals surface area (Å²) in [6.07, 6.45) is 4.70. The number of amides is 5. The van der Waals surface area contributed by atoms with Crippen molar-refractivity contribution in [3.8, 4) is 23.0 Å². The number of nitrogens with one attached hydrogen (secondary N) is 1. The highest BCUT2D eigenvalue weighted by atomic mass is 16.6. The Morgan fingerprint density at radius 1 is 0.671 bits per heavy atom. The van der Waals surface area contributed by atoms with Gasteiger partial charge in [-0.05, 0) is 105 Å². The molecule has 0 bridgehead atoms. The number of ether oxygens (including phenoxy) is 7. The Hall–Kier alpha value is -7.65. The first kappa shape index (κ1) is 59.0. The Morgan fingerprint density at radius 3 is 1.61 bits per heavy atom. The smallest absolute Gasteiger partial charge is 0.416 e. The molecule has 9 rings (SSSR count). The molecule has 4 aliphatic heterocycles. The summed E-state index contributed by atoms with van der Waals surface area (Å²) < 4.78 is 40.2. The van der Waals surface area contributed by atoms with Crippen LogP contribution in [0.4, 0.5) is 21.0 Å². The highest BCUT2D eigenvalue weighted by Crippen LogP contribution is 2.58. The lowest BCUT2D eigenvalue weighted by Gasteiger charge is -2.31. The molecule has 2 unspecified atom stereocenters. The fourth-order valence-electron chi connectivity index (χ4n) is 11.7. The van der Waals surface area contributed by atoms with Crippen molar-refractivity contribution in [2.24, 2.45) is 22.7 Å². The van der Waals surface area contributed by atoms with Crippen LogP contribution in [-0.4, -0.2) is 146 Å². The van der Waals surface area contributed by atoms with Gasteiger partial charge in [-0.2, -0.15) is 0 Å². The van der Waals surface area contributed by atoms with Crippen molar-refractivity contribution in [3.05, 3.63) is 96.1 Å². The second-order valence-corrected chi connectivity index (χ2v) is 22.9. The summed E-state index contributed by atoms with van der Waals surface area (Å²) in [5, 5.41) is 26.6. The summed E-state index contributed by atoms with van der Waals surface area (Å²) in [7, 11) is 2.91. The first-order valence-corrected chi connectivity index (χ1v) is 28.2. The predicted octanol–water partition coefficient (Wildman–Crippen LogP) is 7.27. The maximum atomic E-state index is 14.4. The number of carbonyl (C=O) groups excluding carboxylic acids is 7. The quantitative estimate of drug-likeness (QED) is 0.0345. The number of aliphatic hydroxyl groups is 2. The molecule has 21 heteroatoms. The van der Waals surface area contributed by atoms with Crippen LogP contribution >= 0.6 is 0 Å². The van der Waals surface area contributed by atoms with E-state index in [1.165, 1.54) is 50.6 Å². The molecule has 3 aromatic rings. The van der Waals surface area contributed by atoms with Crippen LogP contribution in [0.15, 0.2) is 73.8 Å². The molecular formula is C61H75N5O16.